The molecule has 0 N–H and O–H groups in total. The van der Waals surface area contributed by atoms with Gasteiger partial charge in [-0.3, -0.25) is 9.69 Å². The quantitative estimate of drug-likeness (QED) is 0.845. The summed E-state index contributed by atoms with van der Waals surface area (Å²) in [6, 6.07) is 21.1. The van der Waals surface area contributed by atoms with Gasteiger partial charge in [-0.25, -0.2) is 0 Å². The SMILES string of the molecule is O=C1CCN(Cc2ccccc2)[C@H](c2ccccc2)C1. The maximum atomic E-state index is 11.8. The van der Waals surface area contributed by atoms with Gasteiger partial charge in [0.25, 0.3) is 0 Å². The van der Waals surface area contributed by atoms with E-state index in [9.17, 15) is 4.79 Å². The second-order valence-electron chi connectivity index (χ2n) is 5.38. The minimum absolute atomic E-state index is 0.220. The van der Waals surface area contributed by atoms with Crippen molar-refractivity contribution < 1.29 is 4.79 Å². The van der Waals surface area contributed by atoms with Crippen molar-refractivity contribution in [1.29, 1.82) is 0 Å². The summed E-state index contributed by atoms with van der Waals surface area (Å²) in [5.41, 5.74) is 2.55. The molecule has 1 saturated heterocycles. The first-order valence-corrected chi connectivity index (χ1v) is 7.17. The third kappa shape index (κ3) is 2.97. The molecule has 0 unspecified atom stereocenters. The van der Waals surface area contributed by atoms with E-state index in [1.807, 2.05) is 12.1 Å². The lowest BCUT2D eigenvalue weighted by molar-refractivity contribution is -0.123. The van der Waals surface area contributed by atoms with Crippen LogP contribution in [0.2, 0.25) is 0 Å². The number of likely N-dealkylation sites (tertiary alicyclic amines) is 1. The summed E-state index contributed by atoms with van der Waals surface area (Å²) in [5.74, 6) is 0.378. The molecule has 0 saturated carbocycles. The third-order valence-electron chi connectivity index (χ3n) is 3.95. The summed E-state index contributed by atoms with van der Waals surface area (Å²) in [6.45, 7) is 1.76. The molecule has 2 aromatic carbocycles. The van der Waals surface area contributed by atoms with Crippen LogP contribution in [0.3, 0.4) is 0 Å². The second-order valence-corrected chi connectivity index (χ2v) is 5.38. The molecule has 1 aliphatic rings. The molecule has 0 spiro atoms. The van der Waals surface area contributed by atoms with E-state index >= 15 is 0 Å². The largest absolute Gasteiger partial charge is 0.300 e. The van der Waals surface area contributed by atoms with E-state index in [2.05, 4.69) is 53.4 Å². The number of nitrogens with zero attached hydrogens (tertiary/aromatic N) is 1. The molecule has 1 heterocycles. The number of carbonyl (C=O) groups excluding carboxylic acids is 1. The normalized spacial score (nSPS) is 20.0. The van der Waals surface area contributed by atoms with Crippen LogP contribution in [0.25, 0.3) is 0 Å². The van der Waals surface area contributed by atoms with E-state index < -0.39 is 0 Å². The maximum Gasteiger partial charge on any atom is 0.136 e. The summed E-state index contributed by atoms with van der Waals surface area (Å²) >= 11 is 0. The first kappa shape index (κ1) is 13.1. The maximum absolute atomic E-state index is 11.8. The minimum atomic E-state index is 0.220. The van der Waals surface area contributed by atoms with Gasteiger partial charge in [0.2, 0.25) is 0 Å². The van der Waals surface area contributed by atoms with Gasteiger partial charge in [-0.05, 0) is 11.1 Å². The average molecular weight is 265 g/mol. The molecule has 0 aromatic heterocycles. The van der Waals surface area contributed by atoms with Crippen LogP contribution in [0.5, 0.6) is 0 Å². The molecule has 0 radical (unpaired) electrons. The molecule has 1 aliphatic heterocycles. The van der Waals surface area contributed by atoms with Gasteiger partial charge in [0.05, 0.1) is 0 Å². The Morgan fingerprint density at radius 1 is 0.950 bits per heavy atom. The molecular formula is C18H19NO. The zero-order valence-electron chi connectivity index (χ0n) is 11.5. The molecular weight excluding hydrogens is 246 g/mol. The predicted octanol–water partition coefficient (Wildman–Crippen LogP) is 3.59. The summed E-state index contributed by atoms with van der Waals surface area (Å²) in [5, 5.41) is 0. The number of benzene rings is 2. The van der Waals surface area contributed by atoms with Crippen LogP contribution in [0, 0.1) is 0 Å². The molecule has 3 rings (SSSR count). The highest BCUT2D eigenvalue weighted by molar-refractivity contribution is 5.80. The van der Waals surface area contributed by atoms with Gasteiger partial charge in [-0.2, -0.15) is 0 Å². The average Bonchev–Trinajstić information content (AvgIpc) is 2.51. The van der Waals surface area contributed by atoms with Crippen molar-refractivity contribution in [2.24, 2.45) is 0 Å². The highest BCUT2D eigenvalue weighted by atomic mass is 16.1. The Kier molecular flexibility index (Phi) is 3.93. The number of hydrogen-bond acceptors (Lipinski definition) is 2. The van der Waals surface area contributed by atoms with Gasteiger partial charge in [-0.1, -0.05) is 60.7 Å². The van der Waals surface area contributed by atoms with E-state index in [1.165, 1.54) is 11.1 Å². The van der Waals surface area contributed by atoms with Gasteiger partial charge in [0.1, 0.15) is 5.78 Å². The molecule has 1 atom stereocenters. The van der Waals surface area contributed by atoms with Crippen molar-refractivity contribution in [3.05, 3.63) is 71.8 Å². The highest BCUT2D eigenvalue weighted by Gasteiger charge is 2.27. The molecule has 1 fully saturated rings. The lowest BCUT2D eigenvalue weighted by atomic mass is 9.94. The molecule has 102 valence electrons. The third-order valence-corrected chi connectivity index (χ3v) is 3.95. The van der Waals surface area contributed by atoms with Gasteiger partial charge in [0.15, 0.2) is 0 Å². The van der Waals surface area contributed by atoms with Crippen molar-refractivity contribution in [1.82, 2.24) is 4.90 Å². The highest BCUT2D eigenvalue weighted by Crippen LogP contribution is 2.30. The summed E-state index contributed by atoms with van der Waals surface area (Å²) in [7, 11) is 0. The zero-order valence-corrected chi connectivity index (χ0v) is 11.5. The zero-order chi connectivity index (χ0) is 13.8. The lowest BCUT2D eigenvalue weighted by Crippen LogP contribution is -2.36. The molecule has 0 bridgehead atoms. The molecule has 0 aliphatic carbocycles. The Hall–Kier alpha value is -1.93. The lowest BCUT2D eigenvalue weighted by Gasteiger charge is -2.35. The van der Waals surface area contributed by atoms with Crippen molar-refractivity contribution in [3.63, 3.8) is 0 Å². The molecule has 2 nitrogen and oxygen atoms in total. The fraction of sp³-hybridized carbons (Fsp3) is 0.278. The number of rotatable bonds is 3. The molecule has 20 heavy (non-hydrogen) atoms. The monoisotopic (exact) mass is 265 g/mol. The van der Waals surface area contributed by atoms with E-state index in [0.29, 0.717) is 18.6 Å². The molecule has 0 amide bonds. The van der Waals surface area contributed by atoms with Crippen LogP contribution in [-0.4, -0.2) is 17.2 Å². The van der Waals surface area contributed by atoms with Crippen molar-refractivity contribution in [2.45, 2.75) is 25.4 Å². The van der Waals surface area contributed by atoms with Crippen LogP contribution >= 0.6 is 0 Å². The molecule has 2 aromatic rings. The van der Waals surface area contributed by atoms with Crippen LogP contribution in [-0.2, 0) is 11.3 Å². The fourth-order valence-corrected chi connectivity index (χ4v) is 2.88. The van der Waals surface area contributed by atoms with Gasteiger partial charge in [-0.15, -0.1) is 0 Å². The van der Waals surface area contributed by atoms with Crippen molar-refractivity contribution in [3.8, 4) is 0 Å². The predicted molar refractivity (Wildman–Crippen MR) is 80.3 cm³/mol. The van der Waals surface area contributed by atoms with Crippen LogP contribution < -0.4 is 0 Å². The number of carbonyl (C=O) groups is 1. The smallest absolute Gasteiger partial charge is 0.136 e. The Balaban J connectivity index is 1.82. The number of ketones is 1. The van der Waals surface area contributed by atoms with E-state index in [1.54, 1.807) is 0 Å². The first-order chi connectivity index (χ1) is 9.83. The van der Waals surface area contributed by atoms with Gasteiger partial charge < -0.3 is 0 Å². The molecule has 2 heteroatoms. The van der Waals surface area contributed by atoms with Gasteiger partial charge in [0, 0.05) is 32.0 Å². The first-order valence-electron chi connectivity index (χ1n) is 7.17. The van der Waals surface area contributed by atoms with Crippen LogP contribution in [0.1, 0.15) is 30.0 Å². The number of piperidine rings is 1. The Labute approximate surface area is 120 Å². The second kappa shape index (κ2) is 6.02. The van der Waals surface area contributed by atoms with Gasteiger partial charge >= 0.3 is 0 Å². The van der Waals surface area contributed by atoms with Crippen LogP contribution in [0.4, 0.5) is 0 Å². The standard InChI is InChI=1S/C18H19NO/c20-17-11-12-19(14-15-7-3-1-4-8-15)18(13-17)16-9-5-2-6-10-16/h1-10,18H,11-14H2/t18-/m0/s1. The number of hydrogen-bond donors (Lipinski definition) is 0. The Bertz CT molecular complexity index is 564. The van der Waals surface area contributed by atoms with E-state index in [4.69, 9.17) is 0 Å². The number of Topliss-reactive ketones (excluding diaryl/α,β-unsaturated/α-hetero) is 1. The van der Waals surface area contributed by atoms with Crippen molar-refractivity contribution in [2.75, 3.05) is 6.54 Å². The summed E-state index contributed by atoms with van der Waals surface area (Å²) in [4.78, 5) is 14.2. The topological polar surface area (TPSA) is 20.3 Å². The van der Waals surface area contributed by atoms with Crippen molar-refractivity contribution >= 4 is 5.78 Å². The Morgan fingerprint density at radius 3 is 2.30 bits per heavy atom. The van der Waals surface area contributed by atoms with E-state index in [-0.39, 0.29) is 6.04 Å². The van der Waals surface area contributed by atoms with E-state index in [0.717, 1.165) is 13.1 Å². The summed E-state index contributed by atoms with van der Waals surface area (Å²) < 4.78 is 0. The Morgan fingerprint density at radius 2 is 1.60 bits per heavy atom. The summed E-state index contributed by atoms with van der Waals surface area (Å²) in [6.07, 6.45) is 1.31. The van der Waals surface area contributed by atoms with Crippen LogP contribution in [0.15, 0.2) is 60.7 Å². The fourth-order valence-electron chi connectivity index (χ4n) is 2.88. The minimum Gasteiger partial charge on any atom is -0.300 e.